The Bertz CT molecular complexity index is 2530. The smallest absolute Gasteiger partial charge is 0.200 e. The van der Waals surface area contributed by atoms with E-state index in [0.29, 0.717) is 11.4 Å². The van der Waals surface area contributed by atoms with E-state index in [4.69, 9.17) is 0 Å². The van der Waals surface area contributed by atoms with Crippen molar-refractivity contribution in [3.05, 3.63) is 177 Å². The molecule has 25 heteroatoms. The van der Waals surface area contributed by atoms with Crippen molar-refractivity contribution in [2.75, 3.05) is 6.26 Å². The van der Waals surface area contributed by atoms with E-state index < -0.39 is 154 Å². The molecule has 0 fully saturated rings. The Hall–Kier alpha value is -6.14. The number of rotatable bonds is 7. The summed E-state index contributed by atoms with van der Waals surface area (Å²) < 4.78 is 319. The first-order chi connectivity index (χ1) is 28.8. The topological polar surface area (TPSA) is 38.0 Å². The zero-order valence-electron chi connectivity index (χ0n) is 29.7. The average Bonchev–Trinajstić information content (AvgIpc) is 3.24. The van der Waals surface area contributed by atoms with Crippen molar-refractivity contribution < 1.29 is 101 Å². The van der Waals surface area contributed by atoms with Crippen LogP contribution in [-0.2, 0) is 16.4 Å². The maximum Gasteiger partial charge on any atom is 0.200 e. The van der Waals surface area contributed by atoms with Gasteiger partial charge in [-0.2, -0.15) is 0 Å². The van der Waals surface area contributed by atoms with Gasteiger partial charge in [0.2, 0.25) is 0 Å². The number of sulfone groups is 1. The molecule has 5 aromatic carbocycles. The van der Waals surface area contributed by atoms with Crippen LogP contribution in [-0.4, -0.2) is 20.8 Å². The third kappa shape index (κ3) is 7.38. The van der Waals surface area contributed by atoms with Gasteiger partial charge in [-0.25, -0.2) is 101 Å². The van der Waals surface area contributed by atoms with Crippen LogP contribution in [0, 0.1) is 116 Å². The molecule has 0 unspecified atom stereocenters. The van der Waals surface area contributed by atoms with E-state index in [1.54, 1.807) is 12.1 Å². The minimum Gasteiger partial charge on any atom is -0.224 e. The van der Waals surface area contributed by atoms with E-state index in [1.807, 2.05) is 47.3 Å². The summed E-state index contributed by atoms with van der Waals surface area (Å²) >= 11 is 0. The Kier molecular flexibility index (Phi) is 12.8. The zero-order chi connectivity index (χ0) is 46.7. The normalized spacial score (nSPS) is 11.8. The summed E-state index contributed by atoms with van der Waals surface area (Å²) in [7, 11) is -3.17. The van der Waals surface area contributed by atoms with Gasteiger partial charge < -0.3 is 0 Å². The summed E-state index contributed by atoms with van der Waals surface area (Å²) in [5, 5.41) is 0. The Morgan fingerprint density at radius 2 is 0.613 bits per heavy atom. The fraction of sp³-hybridized carbons (Fsp3) is 0.0541. The average molecular weight is 927 g/mol. The van der Waals surface area contributed by atoms with Crippen LogP contribution in [0.1, 0.15) is 5.56 Å². The van der Waals surface area contributed by atoms with Crippen LogP contribution in [0.3, 0.4) is 0 Å². The first kappa shape index (κ1) is 46.9. The summed E-state index contributed by atoms with van der Waals surface area (Å²) in [6, 6.07) is 12.9. The molecule has 6 rings (SSSR count). The third-order valence-corrected chi connectivity index (χ3v) is 10.4. The summed E-state index contributed by atoms with van der Waals surface area (Å²) in [5.41, 5.74) is -13.5. The van der Waals surface area contributed by atoms with Gasteiger partial charge in [0.1, 0.15) is 52.7 Å². The first-order valence-corrected chi connectivity index (χ1v) is 18.1. The van der Waals surface area contributed by atoms with E-state index in [0.717, 1.165) is 5.56 Å². The lowest BCUT2D eigenvalue weighted by Crippen LogP contribution is -2.81. The lowest BCUT2D eigenvalue weighted by Gasteiger charge is -2.44. The zero-order valence-corrected chi connectivity index (χ0v) is 30.5. The van der Waals surface area contributed by atoms with E-state index in [9.17, 15) is 61.1 Å². The van der Waals surface area contributed by atoms with E-state index >= 15 is 35.1 Å². The molecule has 0 amide bonds. The number of benzene rings is 5. The van der Waals surface area contributed by atoms with Crippen molar-refractivity contribution in [3.63, 3.8) is 0 Å². The molecular weight excluding hydrogens is 913 g/mol. The molecule has 0 bridgehead atoms. The van der Waals surface area contributed by atoms with Gasteiger partial charge >= 0.3 is 0 Å². The number of hydrogen-bond acceptors (Lipinski definition) is 2. The predicted molar refractivity (Wildman–Crippen MR) is 175 cm³/mol. The molecule has 0 saturated carbocycles. The molecule has 328 valence electrons. The molecule has 0 spiro atoms. The Balaban J connectivity index is 0.000000355. The van der Waals surface area contributed by atoms with Crippen LogP contribution in [0.5, 0.6) is 0 Å². The fourth-order valence-electron chi connectivity index (χ4n) is 6.61. The number of nitrogens with zero attached hydrogens (tertiary/aromatic N) is 1. The number of aromatic nitrogens is 1. The monoisotopic (exact) mass is 927 g/mol. The van der Waals surface area contributed by atoms with Crippen LogP contribution in [0.15, 0.2) is 59.8 Å². The van der Waals surface area contributed by atoms with Crippen LogP contribution in [0.4, 0.5) is 87.8 Å². The molecule has 0 aliphatic heterocycles. The summed E-state index contributed by atoms with van der Waals surface area (Å²) in [6.45, 7) is 0.560. The standard InChI is InChI=1S/C24BF20.C13H14NO2S/c26-5-1(6(27)14(35)21(42)13(5)34)25(2-7(28)15(36)22(43)16(37)8(2)29,3-9(30)17(38)23(44)18(39)10(3)31)4-11(32)19(40)24(45)20(41)12(4)33;1-17(15,16)13-8-4-3-7-12(13)11-14-9-5-2-6-10-14/h;2-10H,11H2,1H3/q-1;+1. The van der Waals surface area contributed by atoms with Crippen molar-refractivity contribution in [1.82, 2.24) is 0 Å². The first-order valence-electron chi connectivity index (χ1n) is 16.2. The fourth-order valence-corrected chi connectivity index (χ4v) is 7.54. The summed E-state index contributed by atoms with van der Waals surface area (Å²) in [6.07, 6.45) is -2.15. The highest BCUT2D eigenvalue weighted by Crippen LogP contribution is 2.31. The van der Waals surface area contributed by atoms with Gasteiger partial charge in [0.05, 0.1) is 4.90 Å². The van der Waals surface area contributed by atoms with Gasteiger partial charge in [-0.3, -0.25) is 0 Å². The Morgan fingerprint density at radius 1 is 0.371 bits per heavy atom. The van der Waals surface area contributed by atoms with Gasteiger partial charge in [-0.1, -0.05) is 24.3 Å². The Morgan fingerprint density at radius 3 is 0.871 bits per heavy atom. The molecule has 3 nitrogen and oxygen atoms in total. The van der Waals surface area contributed by atoms with Crippen LogP contribution in [0.2, 0.25) is 0 Å². The van der Waals surface area contributed by atoms with Crippen molar-refractivity contribution in [3.8, 4) is 0 Å². The molecule has 6 aromatic rings. The van der Waals surface area contributed by atoms with Crippen molar-refractivity contribution >= 4 is 37.8 Å². The number of halogens is 20. The number of pyridine rings is 1. The molecule has 62 heavy (non-hydrogen) atoms. The van der Waals surface area contributed by atoms with Crippen molar-refractivity contribution in [1.29, 1.82) is 0 Å². The Labute approximate surface area is 332 Å². The molecule has 0 N–H and O–H groups in total. The van der Waals surface area contributed by atoms with Gasteiger partial charge in [0, 0.05) is 24.0 Å². The molecule has 0 aliphatic rings. The molecule has 1 aromatic heterocycles. The van der Waals surface area contributed by atoms with E-state index in [1.165, 1.54) is 6.26 Å². The third-order valence-electron chi connectivity index (χ3n) is 9.21. The highest BCUT2D eigenvalue weighted by atomic mass is 32.2. The van der Waals surface area contributed by atoms with E-state index in [2.05, 4.69) is 0 Å². The van der Waals surface area contributed by atoms with E-state index in [-0.39, 0.29) is 0 Å². The minimum atomic E-state index is -7.22. The van der Waals surface area contributed by atoms with Crippen LogP contribution < -0.4 is 26.4 Å². The van der Waals surface area contributed by atoms with Crippen molar-refractivity contribution in [2.45, 2.75) is 11.4 Å². The lowest BCUT2D eigenvalue weighted by atomic mass is 9.12. The minimum absolute atomic E-state index is 0.399. The second-order valence-electron chi connectivity index (χ2n) is 12.7. The predicted octanol–water partition coefficient (Wildman–Crippen LogP) is 7.27. The molecule has 0 radical (unpaired) electrons. The molecule has 0 atom stereocenters. The highest BCUT2D eigenvalue weighted by Gasteiger charge is 2.52. The quantitative estimate of drug-likeness (QED) is 0.0556. The molecule has 1 heterocycles. The lowest BCUT2D eigenvalue weighted by molar-refractivity contribution is -0.688. The maximum atomic E-state index is 15.4. The second kappa shape index (κ2) is 17.0. The van der Waals surface area contributed by atoms with Crippen LogP contribution >= 0.6 is 0 Å². The number of hydrogen-bond donors (Lipinski definition) is 0. The van der Waals surface area contributed by atoms with Gasteiger partial charge in [-0.05, 0) is 6.07 Å². The second-order valence-corrected chi connectivity index (χ2v) is 14.7. The largest absolute Gasteiger partial charge is 0.224 e. The summed E-state index contributed by atoms with van der Waals surface area (Å²) in [4.78, 5) is 0.399. The summed E-state index contributed by atoms with van der Waals surface area (Å²) in [5.74, 6) is -71.4. The van der Waals surface area contributed by atoms with Gasteiger partial charge in [0.25, 0.3) is 0 Å². The van der Waals surface area contributed by atoms with Crippen LogP contribution in [0.25, 0.3) is 0 Å². The van der Waals surface area contributed by atoms with Gasteiger partial charge in [0.15, 0.2) is 98.6 Å². The highest BCUT2D eigenvalue weighted by molar-refractivity contribution is 7.90. The maximum absolute atomic E-state index is 15.4. The molecular formula is C37H14BF20NO2S. The van der Waals surface area contributed by atoms with Gasteiger partial charge in [-0.15, -0.1) is 21.9 Å². The van der Waals surface area contributed by atoms with Crippen molar-refractivity contribution in [2.24, 2.45) is 0 Å². The molecule has 0 saturated heterocycles. The SMILES string of the molecule is CS(=O)(=O)c1ccccc1C[n+]1ccccc1.Fc1c(F)c(F)c([B-](c2c(F)c(F)c(F)c(F)c2F)(c2c(F)c(F)c(F)c(F)c2F)c2c(F)c(F)c(F)c(F)c2F)c(F)c1F. The molecule has 0 aliphatic carbocycles.